The van der Waals surface area contributed by atoms with Gasteiger partial charge in [0.05, 0.1) is 13.2 Å². The number of hydrogen-bond acceptors (Lipinski definition) is 5. The molecule has 5 nitrogen and oxygen atoms in total. The first-order chi connectivity index (χ1) is 12.3. The fourth-order valence-electron chi connectivity index (χ4n) is 3.02. The summed E-state index contributed by atoms with van der Waals surface area (Å²) in [5, 5.41) is 13.0. The van der Waals surface area contributed by atoms with Gasteiger partial charge in [-0.05, 0) is 23.3 Å². The number of nitrogens with one attached hydrogen (secondary N) is 1. The molecule has 130 valence electrons. The Morgan fingerprint density at radius 3 is 2.56 bits per heavy atom. The van der Waals surface area contributed by atoms with E-state index in [-0.39, 0.29) is 6.04 Å². The Labute approximate surface area is 148 Å². The van der Waals surface area contributed by atoms with Crippen LogP contribution in [-0.2, 0) is 6.61 Å². The summed E-state index contributed by atoms with van der Waals surface area (Å²) in [6, 6.07) is 17.9. The lowest BCUT2D eigenvalue weighted by atomic mass is 10.0. The number of nitrogens with zero attached hydrogens (tertiary/aromatic N) is 2. The third-order valence-electron chi connectivity index (χ3n) is 4.38. The maximum Gasteiger partial charge on any atom is 0.162 e. The molecule has 1 fully saturated rings. The van der Waals surface area contributed by atoms with Gasteiger partial charge in [-0.25, -0.2) is 0 Å². The lowest BCUT2D eigenvalue weighted by Gasteiger charge is -2.31. The van der Waals surface area contributed by atoms with E-state index in [0.717, 1.165) is 37.3 Å². The van der Waals surface area contributed by atoms with Crippen molar-refractivity contribution in [3.63, 3.8) is 0 Å². The van der Waals surface area contributed by atoms with Gasteiger partial charge in [0.25, 0.3) is 0 Å². The molecule has 3 rings (SSSR count). The summed E-state index contributed by atoms with van der Waals surface area (Å²) >= 11 is 0. The van der Waals surface area contributed by atoms with Crippen molar-refractivity contribution in [3.05, 3.63) is 59.7 Å². The molecule has 25 heavy (non-hydrogen) atoms. The number of nitriles is 1. The molecule has 0 aromatic heterocycles. The van der Waals surface area contributed by atoms with Gasteiger partial charge in [-0.3, -0.25) is 4.90 Å². The van der Waals surface area contributed by atoms with Crippen LogP contribution in [0.3, 0.4) is 0 Å². The Balaban J connectivity index is 1.79. The van der Waals surface area contributed by atoms with Gasteiger partial charge in [-0.15, -0.1) is 0 Å². The standard InChI is InChI=1S/C20H23N3O2/c1-24-19-8-7-17(18(14-21)23-11-9-22-10-12-23)13-20(19)25-15-16-5-3-2-4-6-16/h2-8,13,18,22H,9-12,15H2,1H3. The highest BCUT2D eigenvalue weighted by atomic mass is 16.5. The third-order valence-corrected chi connectivity index (χ3v) is 4.38. The summed E-state index contributed by atoms with van der Waals surface area (Å²) in [5.41, 5.74) is 2.03. The van der Waals surface area contributed by atoms with Crippen molar-refractivity contribution in [2.24, 2.45) is 0 Å². The SMILES string of the molecule is COc1ccc(C(C#N)N2CCNCC2)cc1OCc1ccccc1. The molecule has 5 heteroatoms. The number of rotatable bonds is 6. The van der Waals surface area contributed by atoms with E-state index in [2.05, 4.69) is 16.3 Å². The zero-order valence-corrected chi connectivity index (χ0v) is 14.4. The summed E-state index contributed by atoms with van der Waals surface area (Å²) < 4.78 is 11.4. The van der Waals surface area contributed by atoms with Crippen molar-refractivity contribution in [3.8, 4) is 17.6 Å². The minimum atomic E-state index is -0.271. The molecular weight excluding hydrogens is 314 g/mol. The molecule has 1 aliphatic heterocycles. The summed E-state index contributed by atoms with van der Waals surface area (Å²) in [6.07, 6.45) is 0. The average molecular weight is 337 g/mol. The first-order valence-electron chi connectivity index (χ1n) is 8.51. The van der Waals surface area contributed by atoms with Gasteiger partial charge in [-0.2, -0.15) is 5.26 Å². The average Bonchev–Trinajstić information content (AvgIpc) is 2.69. The quantitative estimate of drug-likeness (QED) is 0.878. The molecule has 1 saturated heterocycles. The van der Waals surface area contributed by atoms with Crippen LogP contribution in [0.25, 0.3) is 0 Å². The molecule has 0 aliphatic carbocycles. The van der Waals surface area contributed by atoms with Crippen molar-refractivity contribution in [1.29, 1.82) is 5.26 Å². The summed E-state index contributed by atoms with van der Waals surface area (Å²) in [5.74, 6) is 1.34. The fourth-order valence-corrected chi connectivity index (χ4v) is 3.02. The second kappa shape index (κ2) is 8.52. The van der Waals surface area contributed by atoms with Crippen LogP contribution in [0.15, 0.2) is 48.5 Å². The van der Waals surface area contributed by atoms with Crippen LogP contribution in [0.2, 0.25) is 0 Å². The minimum Gasteiger partial charge on any atom is -0.493 e. The van der Waals surface area contributed by atoms with Crippen LogP contribution in [-0.4, -0.2) is 38.2 Å². The molecule has 1 aliphatic rings. The number of methoxy groups -OCH3 is 1. The van der Waals surface area contributed by atoms with Gasteiger partial charge < -0.3 is 14.8 Å². The molecule has 0 spiro atoms. The zero-order chi connectivity index (χ0) is 17.5. The van der Waals surface area contributed by atoms with Crippen LogP contribution in [0.5, 0.6) is 11.5 Å². The summed E-state index contributed by atoms with van der Waals surface area (Å²) in [7, 11) is 1.63. The van der Waals surface area contributed by atoms with Crippen LogP contribution < -0.4 is 14.8 Å². The summed E-state index contributed by atoms with van der Waals surface area (Å²) in [6.45, 7) is 4.01. The van der Waals surface area contributed by atoms with Crippen molar-refractivity contribution >= 4 is 0 Å². The van der Waals surface area contributed by atoms with Gasteiger partial charge >= 0.3 is 0 Å². The molecular formula is C20H23N3O2. The predicted octanol–water partition coefficient (Wildman–Crippen LogP) is 2.74. The molecule has 1 heterocycles. The first kappa shape index (κ1) is 17.3. The predicted molar refractivity (Wildman–Crippen MR) is 96.6 cm³/mol. The van der Waals surface area contributed by atoms with Crippen LogP contribution in [0, 0.1) is 11.3 Å². The Morgan fingerprint density at radius 2 is 1.88 bits per heavy atom. The van der Waals surface area contributed by atoms with E-state index >= 15 is 0 Å². The van der Waals surface area contributed by atoms with E-state index < -0.39 is 0 Å². The van der Waals surface area contributed by atoms with Gasteiger partial charge in [0.15, 0.2) is 11.5 Å². The van der Waals surface area contributed by atoms with Gasteiger partial charge in [0.2, 0.25) is 0 Å². The number of piperazine rings is 1. The number of ether oxygens (including phenoxy) is 2. The molecule has 1 atom stereocenters. The van der Waals surface area contributed by atoms with Crippen LogP contribution >= 0.6 is 0 Å². The topological polar surface area (TPSA) is 57.5 Å². The highest BCUT2D eigenvalue weighted by Crippen LogP contribution is 2.32. The molecule has 0 radical (unpaired) electrons. The first-order valence-corrected chi connectivity index (χ1v) is 8.51. The van der Waals surface area contributed by atoms with Crippen molar-refractivity contribution < 1.29 is 9.47 Å². The van der Waals surface area contributed by atoms with Gasteiger partial charge in [0, 0.05) is 26.2 Å². The molecule has 1 N–H and O–H groups in total. The van der Waals surface area contributed by atoms with E-state index in [4.69, 9.17) is 9.47 Å². The van der Waals surface area contributed by atoms with E-state index in [9.17, 15) is 5.26 Å². The Hall–Kier alpha value is -2.55. The second-order valence-electron chi connectivity index (χ2n) is 6.00. The van der Waals surface area contributed by atoms with Crippen LogP contribution in [0.4, 0.5) is 0 Å². The maximum atomic E-state index is 9.67. The van der Waals surface area contributed by atoms with Crippen molar-refractivity contribution in [1.82, 2.24) is 10.2 Å². The molecule has 2 aromatic rings. The number of benzene rings is 2. The van der Waals surface area contributed by atoms with E-state index in [1.165, 1.54) is 0 Å². The molecule has 0 bridgehead atoms. The van der Waals surface area contributed by atoms with Crippen molar-refractivity contribution in [2.75, 3.05) is 33.3 Å². The molecule has 0 amide bonds. The van der Waals surface area contributed by atoms with Crippen molar-refractivity contribution in [2.45, 2.75) is 12.6 Å². The Bertz CT molecular complexity index is 721. The summed E-state index contributed by atoms with van der Waals surface area (Å²) in [4.78, 5) is 2.19. The van der Waals surface area contributed by atoms with E-state index in [0.29, 0.717) is 18.1 Å². The normalized spacial score (nSPS) is 16.0. The highest BCUT2D eigenvalue weighted by molar-refractivity contribution is 5.45. The third kappa shape index (κ3) is 4.30. The Morgan fingerprint density at radius 1 is 1.12 bits per heavy atom. The lowest BCUT2D eigenvalue weighted by Crippen LogP contribution is -2.44. The van der Waals surface area contributed by atoms with E-state index in [1.807, 2.05) is 48.5 Å². The van der Waals surface area contributed by atoms with Gasteiger partial charge in [-0.1, -0.05) is 36.4 Å². The number of hydrogen-bond donors (Lipinski definition) is 1. The Kier molecular flexibility index (Phi) is 5.89. The zero-order valence-electron chi connectivity index (χ0n) is 14.4. The lowest BCUT2D eigenvalue weighted by molar-refractivity contribution is 0.207. The largest absolute Gasteiger partial charge is 0.493 e. The van der Waals surface area contributed by atoms with E-state index in [1.54, 1.807) is 7.11 Å². The smallest absolute Gasteiger partial charge is 0.162 e. The maximum absolute atomic E-state index is 9.67. The fraction of sp³-hybridized carbons (Fsp3) is 0.350. The van der Waals surface area contributed by atoms with Gasteiger partial charge in [0.1, 0.15) is 12.6 Å². The monoisotopic (exact) mass is 337 g/mol. The molecule has 1 unspecified atom stereocenters. The van der Waals surface area contributed by atoms with Crippen LogP contribution in [0.1, 0.15) is 17.2 Å². The minimum absolute atomic E-state index is 0.271. The molecule has 2 aromatic carbocycles. The highest BCUT2D eigenvalue weighted by Gasteiger charge is 2.23. The molecule has 0 saturated carbocycles. The second-order valence-corrected chi connectivity index (χ2v) is 6.00.